The first-order chi connectivity index (χ1) is 3.00. The van der Waals surface area contributed by atoms with Crippen molar-refractivity contribution in [2.75, 3.05) is 0 Å². The summed E-state index contributed by atoms with van der Waals surface area (Å²) in [7, 11) is 0. The SMILES string of the molecule is [C-]#N.[C-]#N.[C-]#N.[Y+3]. The molecular formula is C3N3Y. The molecule has 0 saturated heterocycles. The van der Waals surface area contributed by atoms with Crippen LogP contribution >= 0.6 is 0 Å². The van der Waals surface area contributed by atoms with Gasteiger partial charge in [0, 0.05) is 0 Å². The van der Waals surface area contributed by atoms with Crippen LogP contribution in [0.3, 0.4) is 0 Å². The Hall–Kier alpha value is -0.426. The molecule has 0 spiro atoms. The molecule has 0 saturated carbocycles. The Kier molecular flexibility index (Phi) is 2830. The minimum absolute atomic E-state index is 0. The molecule has 0 atom stereocenters. The number of hydrogen-bond donors (Lipinski definition) is 0. The number of nitrogens with zero attached hydrogens (tertiary/aromatic N) is 3. The summed E-state index contributed by atoms with van der Waals surface area (Å²) in [5, 5.41) is 18.8. The van der Waals surface area contributed by atoms with Crippen LogP contribution in [-0.2, 0) is 32.7 Å². The third-order valence-corrected chi connectivity index (χ3v) is 0. The van der Waals surface area contributed by atoms with E-state index in [2.05, 4.69) is 0 Å². The Balaban J connectivity index is -0.00000000900. The fourth-order valence-electron chi connectivity index (χ4n) is 0. The van der Waals surface area contributed by atoms with Gasteiger partial charge in [0.2, 0.25) is 0 Å². The zero-order valence-corrected chi connectivity index (χ0v) is 6.26. The molecule has 0 radical (unpaired) electrons. The van der Waals surface area contributed by atoms with Crippen molar-refractivity contribution < 1.29 is 32.7 Å². The molecule has 0 rings (SSSR count). The average Bonchev–Trinajstić information content (AvgIpc) is 1.81. The van der Waals surface area contributed by atoms with Crippen LogP contribution in [-0.4, -0.2) is 0 Å². The van der Waals surface area contributed by atoms with E-state index < -0.39 is 0 Å². The van der Waals surface area contributed by atoms with Gasteiger partial charge in [-0.3, -0.25) is 0 Å². The summed E-state index contributed by atoms with van der Waals surface area (Å²) in [5.41, 5.74) is 0. The van der Waals surface area contributed by atoms with Crippen molar-refractivity contribution in [2.24, 2.45) is 0 Å². The predicted molar refractivity (Wildman–Crippen MR) is 14.9 cm³/mol. The van der Waals surface area contributed by atoms with E-state index >= 15 is 0 Å². The summed E-state index contributed by atoms with van der Waals surface area (Å²) in [6.07, 6.45) is 0. The Labute approximate surface area is 68.0 Å². The van der Waals surface area contributed by atoms with Gasteiger partial charge in [0.05, 0.1) is 0 Å². The maximum Gasteiger partial charge on any atom is 3.00 e. The molecule has 0 aromatic heterocycles. The van der Waals surface area contributed by atoms with Crippen LogP contribution in [0.1, 0.15) is 0 Å². The van der Waals surface area contributed by atoms with Crippen LogP contribution < -0.4 is 0 Å². The molecule has 0 aliphatic rings. The van der Waals surface area contributed by atoms with Gasteiger partial charge in [0.1, 0.15) is 0 Å². The van der Waals surface area contributed by atoms with Gasteiger partial charge in [-0.05, 0) is 0 Å². The third-order valence-electron chi connectivity index (χ3n) is 0. The van der Waals surface area contributed by atoms with E-state index in [4.69, 9.17) is 35.5 Å². The van der Waals surface area contributed by atoms with Crippen LogP contribution in [0.15, 0.2) is 0 Å². The van der Waals surface area contributed by atoms with Crippen LogP contribution in [0.2, 0.25) is 0 Å². The molecule has 0 unspecified atom stereocenters. The molecule has 0 heterocycles. The van der Waals surface area contributed by atoms with Crippen molar-refractivity contribution in [1.82, 2.24) is 0 Å². The second-order valence-electron chi connectivity index (χ2n) is 0. The van der Waals surface area contributed by atoms with Gasteiger partial charge in [-0.15, -0.1) is 0 Å². The first-order valence-electron chi connectivity index (χ1n) is 0.671. The smallest absolute Gasteiger partial charge is 0.512 e. The Morgan fingerprint density at radius 3 is 0.571 bits per heavy atom. The van der Waals surface area contributed by atoms with E-state index in [1.54, 1.807) is 0 Å². The van der Waals surface area contributed by atoms with Crippen molar-refractivity contribution >= 4 is 0 Å². The molecule has 0 aliphatic heterocycles. The Morgan fingerprint density at radius 1 is 0.571 bits per heavy atom. The molecule has 3 nitrogen and oxygen atoms in total. The van der Waals surface area contributed by atoms with E-state index in [0.29, 0.717) is 0 Å². The fourth-order valence-corrected chi connectivity index (χ4v) is 0. The normalized spacial score (nSPS) is 0.857. The molecule has 4 heteroatoms. The Morgan fingerprint density at radius 2 is 0.571 bits per heavy atom. The first kappa shape index (κ1) is 30.8. The molecule has 0 amide bonds. The standard InChI is InChI=1S/3CN.Y/c3*1-2;/q3*-1;+3. The van der Waals surface area contributed by atoms with Crippen molar-refractivity contribution in [3.05, 3.63) is 19.7 Å². The monoisotopic (exact) mass is 167 g/mol. The summed E-state index contributed by atoms with van der Waals surface area (Å²) >= 11 is 0. The molecule has 0 N–H and O–H groups in total. The molecule has 0 bridgehead atoms. The Bertz CT molecular complexity index is 38.7. The zero-order valence-electron chi connectivity index (χ0n) is 3.42. The van der Waals surface area contributed by atoms with Crippen LogP contribution in [0.5, 0.6) is 0 Å². The van der Waals surface area contributed by atoms with Crippen molar-refractivity contribution in [3.63, 3.8) is 0 Å². The van der Waals surface area contributed by atoms with Crippen molar-refractivity contribution in [2.45, 2.75) is 0 Å². The molecule has 0 aliphatic carbocycles. The number of rotatable bonds is 0. The quantitative estimate of drug-likeness (QED) is 0.486. The van der Waals surface area contributed by atoms with Crippen LogP contribution in [0, 0.1) is 35.5 Å². The molecule has 7 heavy (non-hydrogen) atoms. The summed E-state index contributed by atoms with van der Waals surface area (Å²) in [4.78, 5) is 0. The van der Waals surface area contributed by atoms with E-state index in [1.165, 1.54) is 0 Å². The van der Waals surface area contributed by atoms with E-state index in [1.807, 2.05) is 0 Å². The van der Waals surface area contributed by atoms with Gasteiger partial charge in [0.25, 0.3) is 0 Å². The van der Waals surface area contributed by atoms with Crippen LogP contribution in [0.4, 0.5) is 0 Å². The minimum atomic E-state index is 0. The summed E-state index contributed by atoms with van der Waals surface area (Å²) in [5.74, 6) is 0. The van der Waals surface area contributed by atoms with E-state index in [-0.39, 0.29) is 32.7 Å². The topological polar surface area (TPSA) is 71.4 Å². The zero-order chi connectivity index (χ0) is 6.00. The predicted octanol–water partition coefficient (Wildman–Crippen LogP) is 0.287. The maximum atomic E-state index is 6.25. The number of hydrogen-bond acceptors (Lipinski definition) is 3. The van der Waals surface area contributed by atoms with Gasteiger partial charge in [0.15, 0.2) is 0 Å². The van der Waals surface area contributed by atoms with Gasteiger partial charge < -0.3 is 35.5 Å². The van der Waals surface area contributed by atoms with Gasteiger partial charge >= 0.3 is 32.7 Å². The van der Waals surface area contributed by atoms with E-state index in [0.717, 1.165) is 0 Å². The summed E-state index contributed by atoms with van der Waals surface area (Å²) in [6, 6.07) is 0. The second-order valence-corrected chi connectivity index (χ2v) is 0. The summed E-state index contributed by atoms with van der Waals surface area (Å²) < 4.78 is 0. The maximum absolute atomic E-state index is 6.25. The molecular weight excluding hydrogens is 167 g/mol. The third kappa shape index (κ3) is 392. The van der Waals surface area contributed by atoms with Crippen molar-refractivity contribution in [1.29, 1.82) is 15.8 Å². The van der Waals surface area contributed by atoms with Gasteiger partial charge in [-0.1, -0.05) is 0 Å². The second kappa shape index (κ2) is 642. The molecule has 0 fully saturated rings. The van der Waals surface area contributed by atoms with Crippen molar-refractivity contribution in [3.8, 4) is 0 Å². The van der Waals surface area contributed by atoms with Crippen LogP contribution in [0.25, 0.3) is 0 Å². The molecule has 0 aromatic rings. The summed E-state index contributed by atoms with van der Waals surface area (Å²) in [6.45, 7) is 14.2. The first-order valence-corrected chi connectivity index (χ1v) is 0.671. The largest absolute Gasteiger partial charge is 3.00 e. The fraction of sp³-hybridized carbons (Fsp3) is 0. The van der Waals surface area contributed by atoms with E-state index in [9.17, 15) is 0 Å². The minimum Gasteiger partial charge on any atom is -0.512 e. The van der Waals surface area contributed by atoms with Gasteiger partial charge in [-0.2, -0.15) is 0 Å². The van der Waals surface area contributed by atoms with Gasteiger partial charge in [-0.25, -0.2) is 0 Å². The average molecular weight is 167 g/mol. The molecule has 30 valence electrons. The molecule has 0 aromatic carbocycles.